The molecule has 0 amide bonds. The summed E-state index contributed by atoms with van der Waals surface area (Å²) in [7, 11) is 0. The zero-order valence-electron chi connectivity index (χ0n) is 11.6. The summed E-state index contributed by atoms with van der Waals surface area (Å²) in [6.07, 6.45) is 0.00389. The van der Waals surface area contributed by atoms with Crippen molar-refractivity contribution in [3.8, 4) is 11.5 Å². The SMILES string of the molecule is Clc1cc(C2CNCCO2)ccc1Oc1c(Cl)cccc1Cl. The Balaban J connectivity index is 1.83. The fourth-order valence-corrected chi connectivity index (χ4v) is 2.97. The number of morpholine rings is 1. The van der Waals surface area contributed by atoms with E-state index in [4.69, 9.17) is 44.3 Å². The molecule has 0 radical (unpaired) electrons. The van der Waals surface area contributed by atoms with Gasteiger partial charge in [0.25, 0.3) is 0 Å². The second-order valence-electron chi connectivity index (χ2n) is 4.91. The molecule has 0 bridgehead atoms. The normalized spacial score (nSPS) is 18.2. The molecule has 1 aliphatic rings. The van der Waals surface area contributed by atoms with Gasteiger partial charge in [-0.1, -0.05) is 46.9 Å². The van der Waals surface area contributed by atoms with Crippen LogP contribution in [0.5, 0.6) is 11.5 Å². The average Bonchev–Trinajstić information content (AvgIpc) is 2.53. The molecule has 1 fully saturated rings. The highest BCUT2D eigenvalue weighted by Gasteiger charge is 2.18. The largest absolute Gasteiger partial charge is 0.453 e. The number of hydrogen-bond donors (Lipinski definition) is 1. The van der Waals surface area contributed by atoms with Crippen molar-refractivity contribution in [1.29, 1.82) is 0 Å². The van der Waals surface area contributed by atoms with E-state index in [1.807, 2.05) is 12.1 Å². The van der Waals surface area contributed by atoms with Crippen molar-refractivity contribution in [3.63, 3.8) is 0 Å². The Bertz CT molecular complexity index is 652. The van der Waals surface area contributed by atoms with E-state index in [0.29, 0.717) is 33.2 Å². The Hall–Kier alpha value is -0.970. The lowest BCUT2D eigenvalue weighted by Gasteiger charge is -2.24. The highest BCUT2D eigenvalue weighted by molar-refractivity contribution is 6.37. The molecule has 0 aromatic heterocycles. The number of rotatable bonds is 3. The van der Waals surface area contributed by atoms with E-state index >= 15 is 0 Å². The van der Waals surface area contributed by atoms with Crippen LogP contribution in [-0.2, 0) is 4.74 Å². The maximum Gasteiger partial charge on any atom is 0.164 e. The summed E-state index contributed by atoms with van der Waals surface area (Å²) < 4.78 is 11.5. The molecule has 6 heteroatoms. The van der Waals surface area contributed by atoms with Crippen LogP contribution in [0, 0.1) is 0 Å². The second-order valence-corrected chi connectivity index (χ2v) is 6.13. The van der Waals surface area contributed by atoms with Gasteiger partial charge in [0.2, 0.25) is 0 Å². The van der Waals surface area contributed by atoms with Crippen LogP contribution in [0.25, 0.3) is 0 Å². The first-order valence-corrected chi connectivity index (χ1v) is 8.02. The van der Waals surface area contributed by atoms with Gasteiger partial charge < -0.3 is 14.8 Å². The molecule has 2 aromatic carbocycles. The second kappa shape index (κ2) is 7.07. The third kappa shape index (κ3) is 3.50. The molecule has 116 valence electrons. The smallest absolute Gasteiger partial charge is 0.164 e. The molecule has 1 heterocycles. The number of halogens is 3. The van der Waals surface area contributed by atoms with Crippen molar-refractivity contribution in [2.45, 2.75) is 6.10 Å². The molecule has 3 nitrogen and oxygen atoms in total. The third-order valence-corrected chi connectivity index (χ3v) is 4.28. The lowest BCUT2D eigenvalue weighted by Crippen LogP contribution is -2.33. The van der Waals surface area contributed by atoms with Crippen molar-refractivity contribution >= 4 is 34.8 Å². The van der Waals surface area contributed by atoms with Crippen LogP contribution < -0.4 is 10.1 Å². The summed E-state index contributed by atoms with van der Waals surface area (Å²) in [5.74, 6) is 0.903. The quantitative estimate of drug-likeness (QED) is 0.828. The monoisotopic (exact) mass is 357 g/mol. The highest BCUT2D eigenvalue weighted by atomic mass is 35.5. The highest BCUT2D eigenvalue weighted by Crippen LogP contribution is 2.39. The minimum absolute atomic E-state index is 0.00389. The fourth-order valence-electron chi connectivity index (χ4n) is 2.27. The Morgan fingerprint density at radius 3 is 2.45 bits per heavy atom. The number of hydrogen-bond acceptors (Lipinski definition) is 3. The van der Waals surface area contributed by atoms with Crippen molar-refractivity contribution in [2.75, 3.05) is 19.7 Å². The minimum Gasteiger partial charge on any atom is -0.453 e. The van der Waals surface area contributed by atoms with Gasteiger partial charge in [-0.05, 0) is 29.8 Å². The summed E-state index contributed by atoms with van der Waals surface area (Å²) in [6.45, 7) is 2.33. The van der Waals surface area contributed by atoms with Crippen LogP contribution in [0.4, 0.5) is 0 Å². The maximum absolute atomic E-state index is 6.32. The van der Waals surface area contributed by atoms with Gasteiger partial charge in [0.1, 0.15) is 5.75 Å². The van der Waals surface area contributed by atoms with E-state index in [1.165, 1.54) is 0 Å². The zero-order chi connectivity index (χ0) is 15.5. The predicted molar refractivity (Wildman–Crippen MR) is 89.6 cm³/mol. The van der Waals surface area contributed by atoms with E-state index < -0.39 is 0 Å². The predicted octanol–water partition coefficient (Wildman–Crippen LogP) is 5.10. The molecule has 1 unspecified atom stereocenters. The maximum atomic E-state index is 6.32. The average molecular weight is 359 g/mol. The molecule has 0 spiro atoms. The van der Waals surface area contributed by atoms with Gasteiger partial charge in [0.05, 0.1) is 27.8 Å². The van der Waals surface area contributed by atoms with Gasteiger partial charge in [0.15, 0.2) is 5.75 Å². The first kappa shape index (κ1) is 15.9. The molecule has 1 saturated heterocycles. The van der Waals surface area contributed by atoms with Crippen LogP contribution in [0.2, 0.25) is 15.1 Å². The van der Waals surface area contributed by atoms with Crippen LogP contribution in [-0.4, -0.2) is 19.7 Å². The van der Waals surface area contributed by atoms with Crippen molar-refractivity contribution < 1.29 is 9.47 Å². The van der Waals surface area contributed by atoms with Crippen LogP contribution in [0.3, 0.4) is 0 Å². The van der Waals surface area contributed by atoms with Crippen molar-refractivity contribution in [2.24, 2.45) is 0 Å². The molecule has 1 N–H and O–H groups in total. The van der Waals surface area contributed by atoms with Gasteiger partial charge in [-0.25, -0.2) is 0 Å². The zero-order valence-corrected chi connectivity index (χ0v) is 13.9. The molecule has 1 aliphatic heterocycles. The Labute approximate surface area is 144 Å². The Morgan fingerprint density at radius 1 is 1.05 bits per heavy atom. The van der Waals surface area contributed by atoms with Gasteiger partial charge in [-0.3, -0.25) is 0 Å². The standard InChI is InChI=1S/C16H14Cl3NO2/c17-11-2-1-3-12(18)16(11)22-14-5-4-10(8-13(14)19)15-9-20-6-7-21-15/h1-5,8,15,20H,6-7,9H2. The van der Waals surface area contributed by atoms with Gasteiger partial charge in [-0.2, -0.15) is 0 Å². The van der Waals surface area contributed by atoms with Gasteiger partial charge in [-0.15, -0.1) is 0 Å². The summed E-state index contributed by atoms with van der Waals surface area (Å²) in [5, 5.41) is 4.65. The minimum atomic E-state index is 0.00389. The van der Waals surface area contributed by atoms with Crippen LogP contribution >= 0.6 is 34.8 Å². The topological polar surface area (TPSA) is 30.5 Å². The molecule has 3 rings (SSSR count). The molecule has 2 aromatic rings. The Kier molecular flexibility index (Phi) is 5.11. The number of nitrogens with one attached hydrogen (secondary N) is 1. The van der Waals surface area contributed by atoms with E-state index in [-0.39, 0.29) is 6.10 Å². The van der Waals surface area contributed by atoms with Crippen LogP contribution in [0.1, 0.15) is 11.7 Å². The first-order valence-electron chi connectivity index (χ1n) is 6.89. The summed E-state index contributed by atoms with van der Waals surface area (Å²) in [6, 6.07) is 10.8. The van der Waals surface area contributed by atoms with Crippen LogP contribution in [0.15, 0.2) is 36.4 Å². The molecule has 22 heavy (non-hydrogen) atoms. The summed E-state index contributed by atoms with van der Waals surface area (Å²) >= 11 is 18.5. The van der Waals surface area contributed by atoms with Crippen molar-refractivity contribution in [1.82, 2.24) is 5.32 Å². The molecule has 1 atom stereocenters. The van der Waals surface area contributed by atoms with Crippen molar-refractivity contribution in [3.05, 3.63) is 57.0 Å². The lowest BCUT2D eigenvalue weighted by atomic mass is 10.1. The third-order valence-electron chi connectivity index (χ3n) is 3.39. The lowest BCUT2D eigenvalue weighted by molar-refractivity contribution is 0.0277. The number of benzene rings is 2. The molecular weight excluding hydrogens is 345 g/mol. The first-order chi connectivity index (χ1) is 10.6. The molecule has 0 saturated carbocycles. The van der Waals surface area contributed by atoms with E-state index in [0.717, 1.165) is 18.7 Å². The fraction of sp³-hybridized carbons (Fsp3) is 0.250. The number of ether oxygens (including phenoxy) is 2. The summed E-state index contributed by atoms with van der Waals surface area (Å²) in [5.41, 5.74) is 1.01. The van der Waals surface area contributed by atoms with Gasteiger partial charge >= 0.3 is 0 Å². The van der Waals surface area contributed by atoms with Gasteiger partial charge in [0, 0.05) is 13.1 Å². The van der Waals surface area contributed by atoms with E-state index in [1.54, 1.807) is 24.3 Å². The number of para-hydroxylation sites is 1. The van der Waals surface area contributed by atoms with E-state index in [2.05, 4.69) is 5.32 Å². The molecular formula is C16H14Cl3NO2. The Morgan fingerprint density at radius 2 is 1.82 bits per heavy atom. The molecule has 0 aliphatic carbocycles. The van der Waals surface area contributed by atoms with E-state index in [9.17, 15) is 0 Å². The summed E-state index contributed by atoms with van der Waals surface area (Å²) in [4.78, 5) is 0.